The molecule has 0 spiro atoms. The predicted molar refractivity (Wildman–Crippen MR) is 151 cm³/mol. The molecule has 2 aromatic heterocycles. The van der Waals surface area contributed by atoms with Crippen molar-refractivity contribution >= 4 is 23.4 Å². The first-order valence-corrected chi connectivity index (χ1v) is 14.3. The molecule has 0 radical (unpaired) electrons. The van der Waals surface area contributed by atoms with E-state index in [1.54, 1.807) is 30.0 Å². The lowest BCUT2D eigenvalue weighted by atomic mass is 10.0. The van der Waals surface area contributed by atoms with Crippen molar-refractivity contribution in [1.82, 2.24) is 9.97 Å². The number of carbonyl (C=O) groups is 2. The van der Waals surface area contributed by atoms with Crippen LogP contribution in [0.15, 0.2) is 47.0 Å². The van der Waals surface area contributed by atoms with Gasteiger partial charge in [0.1, 0.15) is 5.82 Å². The summed E-state index contributed by atoms with van der Waals surface area (Å²) < 4.78 is 52.7. The number of alkyl halides is 3. The Labute approximate surface area is 242 Å². The Balaban J connectivity index is 1.16. The maximum atomic E-state index is 13.7. The van der Waals surface area contributed by atoms with E-state index in [0.29, 0.717) is 36.7 Å². The molecule has 0 N–H and O–H groups in total. The second-order valence-corrected chi connectivity index (χ2v) is 11.2. The average molecular weight is 585 g/mol. The van der Waals surface area contributed by atoms with Crippen LogP contribution in [0.25, 0.3) is 0 Å². The number of oxazole rings is 1. The number of rotatable bonds is 9. The Hall–Kier alpha value is -3.73. The van der Waals surface area contributed by atoms with Gasteiger partial charge in [0, 0.05) is 44.4 Å². The molecule has 2 saturated heterocycles. The van der Waals surface area contributed by atoms with E-state index in [0.717, 1.165) is 50.2 Å². The zero-order chi connectivity index (χ0) is 29.9. The molecule has 2 aliphatic heterocycles. The second kappa shape index (κ2) is 12.6. The van der Waals surface area contributed by atoms with E-state index in [4.69, 9.17) is 9.15 Å². The summed E-state index contributed by atoms with van der Waals surface area (Å²) in [5.41, 5.74) is 0.844. The van der Waals surface area contributed by atoms with E-state index in [9.17, 15) is 22.8 Å². The number of anilines is 2. The van der Waals surface area contributed by atoms with Crippen molar-refractivity contribution in [3.05, 3.63) is 70.7 Å². The number of piperidine rings is 2. The fourth-order valence-corrected chi connectivity index (χ4v) is 5.51. The minimum atomic E-state index is -4.80. The van der Waals surface area contributed by atoms with Gasteiger partial charge in [-0.05, 0) is 61.8 Å². The molecule has 1 unspecified atom stereocenters. The number of pyridine rings is 1. The van der Waals surface area contributed by atoms with Gasteiger partial charge in [-0.15, -0.1) is 0 Å². The van der Waals surface area contributed by atoms with Gasteiger partial charge >= 0.3 is 6.18 Å². The molecule has 3 aromatic rings. The van der Waals surface area contributed by atoms with Crippen molar-refractivity contribution in [3.8, 4) is 0 Å². The van der Waals surface area contributed by atoms with Crippen molar-refractivity contribution in [2.24, 2.45) is 5.92 Å². The van der Waals surface area contributed by atoms with Crippen molar-refractivity contribution in [2.45, 2.75) is 64.8 Å². The highest BCUT2D eigenvalue weighted by atomic mass is 19.4. The lowest BCUT2D eigenvalue weighted by molar-refractivity contribution is -0.141. The third kappa shape index (κ3) is 7.18. The fraction of sp³-hybridized carbons (Fsp3) is 0.484. The molecule has 224 valence electrons. The SMILES string of the molecule is CC(=O)c1cccc(COC2CCN(c3ccc(CC(=O)c4oc(N5CCCC(C)C5)nc4C(F)(F)F)cn3)CC2)c1. The quantitative estimate of drug-likeness (QED) is 0.277. The molecule has 0 saturated carbocycles. The number of carbonyl (C=O) groups excluding carboxylic acids is 2. The van der Waals surface area contributed by atoms with Gasteiger partial charge in [0.25, 0.3) is 6.01 Å². The lowest BCUT2D eigenvalue weighted by Crippen LogP contribution is -2.37. The normalized spacial score (nSPS) is 18.4. The Bertz CT molecular complexity index is 1400. The molecule has 0 aliphatic carbocycles. The molecule has 11 heteroatoms. The summed E-state index contributed by atoms with van der Waals surface area (Å²) in [7, 11) is 0. The Morgan fingerprint density at radius 1 is 1.05 bits per heavy atom. The Morgan fingerprint density at radius 3 is 2.50 bits per heavy atom. The van der Waals surface area contributed by atoms with Gasteiger partial charge in [0.2, 0.25) is 11.5 Å². The smallest absolute Gasteiger partial charge is 0.420 e. The number of Topliss-reactive ketones (excluding diaryl/α,β-unsaturated/α-hetero) is 2. The number of ketones is 2. The van der Waals surface area contributed by atoms with E-state index in [1.165, 1.54) is 6.20 Å². The topological polar surface area (TPSA) is 88.8 Å². The minimum Gasteiger partial charge on any atom is -0.420 e. The molecule has 2 fully saturated rings. The zero-order valence-corrected chi connectivity index (χ0v) is 23.8. The highest BCUT2D eigenvalue weighted by Crippen LogP contribution is 2.35. The molecule has 5 rings (SSSR count). The van der Waals surface area contributed by atoms with Crippen molar-refractivity contribution in [2.75, 3.05) is 36.0 Å². The summed E-state index contributed by atoms with van der Waals surface area (Å²) in [6.07, 6.45) is -0.0464. The molecule has 0 amide bonds. The number of halogens is 3. The molecule has 1 atom stereocenters. The molecular formula is C31H35F3N4O4. The van der Waals surface area contributed by atoms with E-state index in [-0.39, 0.29) is 24.3 Å². The van der Waals surface area contributed by atoms with Crippen molar-refractivity contribution < 1.29 is 31.9 Å². The summed E-state index contributed by atoms with van der Waals surface area (Å²) in [4.78, 5) is 36.5. The summed E-state index contributed by atoms with van der Waals surface area (Å²) in [6.45, 7) is 6.54. The zero-order valence-electron chi connectivity index (χ0n) is 23.8. The van der Waals surface area contributed by atoms with Crippen LogP contribution in [-0.4, -0.2) is 53.8 Å². The molecular weight excluding hydrogens is 549 g/mol. The van der Waals surface area contributed by atoms with Crippen LogP contribution in [0.2, 0.25) is 0 Å². The number of hydrogen-bond donors (Lipinski definition) is 0. The summed E-state index contributed by atoms with van der Waals surface area (Å²) >= 11 is 0. The molecule has 4 heterocycles. The van der Waals surface area contributed by atoms with E-state index in [1.807, 2.05) is 25.1 Å². The maximum Gasteiger partial charge on any atom is 0.437 e. The summed E-state index contributed by atoms with van der Waals surface area (Å²) in [5.74, 6) is -0.481. The van der Waals surface area contributed by atoms with Crippen LogP contribution in [0.1, 0.15) is 77.3 Å². The van der Waals surface area contributed by atoms with Crippen molar-refractivity contribution in [3.63, 3.8) is 0 Å². The molecule has 8 nitrogen and oxygen atoms in total. The second-order valence-electron chi connectivity index (χ2n) is 11.2. The van der Waals surface area contributed by atoms with Crippen molar-refractivity contribution in [1.29, 1.82) is 0 Å². The van der Waals surface area contributed by atoms with Gasteiger partial charge in [-0.3, -0.25) is 9.59 Å². The number of nitrogens with zero attached hydrogens (tertiary/aromatic N) is 4. The minimum absolute atomic E-state index is 0.0220. The van der Waals surface area contributed by atoms with Gasteiger partial charge < -0.3 is 19.0 Å². The van der Waals surface area contributed by atoms with Gasteiger partial charge in [0.15, 0.2) is 11.5 Å². The maximum absolute atomic E-state index is 13.7. The van der Waals surface area contributed by atoms with Crippen LogP contribution in [-0.2, 0) is 23.9 Å². The first kappa shape index (κ1) is 29.8. The first-order chi connectivity index (χ1) is 20.1. The fourth-order valence-electron chi connectivity index (χ4n) is 5.51. The summed E-state index contributed by atoms with van der Waals surface area (Å²) in [6, 6.07) is 10.8. The van der Waals surface area contributed by atoms with Gasteiger partial charge in [0.05, 0.1) is 12.7 Å². The van der Waals surface area contributed by atoms with Gasteiger partial charge in [-0.2, -0.15) is 18.2 Å². The first-order valence-electron chi connectivity index (χ1n) is 14.3. The summed E-state index contributed by atoms with van der Waals surface area (Å²) in [5, 5.41) is 0. The molecule has 1 aromatic carbocycles. The molecule has 0 bridgehead atoms. The Morgan fingerprint density at radius 2 is 1.83 bits per heavy atom. The lowest BCUT2D eigenvalue weighted by Gasteiger charge is -2.32. The predicted octanol–water partition coefficient (Wildman–Crippen LogP) is 6.14. The number of ether oxygens (including phenoxy) is 1. The van der Waals surface area contributed by atoms with Gasteiger partial charge in [-0.1, -0.05) is 31.2 Å². The number of hydrogen-bond acceptors (Lipinski definition) is 8. The monoisotopic (exact) mass is 584 g/mol. The highest BCUT2D eigenvalue weighted by molar-refractivity contribution is 5.96. The standard InChI is InChI=1S/C31H35F3N4O4/c1-20-5-4-12-38(18-20)30-36-29(31(32,33)34)28(42-30)26(40)16-22-8-9-27(35-17-22)37-13-10-25(11-14-37)41-19-23-6-3-7-24(15-23)21(2)39/h3,6-9,15,17,20,25H,4-5,10-14,16,18-19H2,1-2H3. The highest BCUT2D eigenvalue weighted by Gasteiger charge is 2.42. The largest absolute Gasteiger partial charge is 0.437 e. The number of benzene rings is 1. The van der Waals surface area contributed by atoms with Crippen LogP contribution in [0.5, 0.6) is 0 Å². The van der Waals surface area contributed by atoms with Crippen LogP contribution < -0.4 is 9.80 Å². The van der Waals surface area contributed by atoms with Crippen LogP contribution >= 0.6 is 0 Å². The van der Waals surface area contributed by atoms with Crippen LogP contribution in [0.4, 0.5) is 25.0 Å². The third-order valence-corrected chi connectivity index (χ3v) is 7.82. The van der Waals surface area contributed by atoms with Gasteiger partial charge in [-0.25, -0.2) is 4.98 Å². The van der Waals surface area contributed by atoms with Crippen LogP contribution in [0.3, 0.4) is 0 Å². The third-order valence-electron chi connectivity index (χ3n) is 7.82. The number of aromatic nitrogens is 2. The average Bonchev–Trinajstić information content (AvgIpc) is 3.44. The Kier molecular flexibility index (Phi) is 8.96. The molecule has 2 aliphatic rings. The van der Waals surface area contributed by atoms with Crippen LogP contribution in [0, 0.1) is 5.92 Å². The molecule has 42 heavy (non-hydrogen) atoms. The van der Waals surface area contributed by atoms with E-state index < -0.39 is 23.4 Å². The van der Waals surface area contributed by atoms with E-state index >= 15 is 0 Å². The van der Waals surface area contributed by atoms with E-state index in [2.05, 4.69) is 14.9 Å².